The quantitative estimate of drug-likeness (QED) is 0.766. The molecule has 0 bridgehead atoms. The van der Waals surface area contributed by atoms with Crippen LogP contribution in [0.3, 0.4) is 0 Å². The molecule has 1 aromatic carbocycles. The molecule has 7 heteroatoms. The molecule has 0 spiro atoms. The van der Waals surface area contributed by atoms with Crippen LogP contribution in [0.1, 0.15) is 19.8 Å². The van der Waals surface area contributed by atoms with E-state index >= 15 is 0 Å². The third kappa shape index (κ3) is 4.28. The molecule has 1 fully saturated rings. The van der Waals surface area contributed by atoms with Crippen LogP contribution in [0.5, 0.6) is 0 Å². The lowest BCUT2D eigenvalue weighted by Crippen LogP contribution is -2.41. The fourth-order valence-electron chi connectivity index (χ4n) is 2.58. The normalized spacial score (nSPS) is 19.9. The fourth-order valence-corrected chi connectivity index (χ4v) is 5.57. The first-order chi connectivity index (χ1) is 9.95. The van der Waals surface area contributed by atoms with Crippen LogP contribution in [-0.4, -0.2) is 38.9 Å². The maximum Gasteiger partial charge on any atom is 0.244 e. The van der Waals surface area contributed by atoms with Gasteiger partial charge in [0.05, 0.1) is 4.90 Å². The van der Waals surface area contributed by atoms with Gasteiger partial charge in [-0.1, -0.05) is 22.9 Å². The van der Waals surface area contributed by atoms with Crippen molar-refractivity contribution in [3.8, 4) is 0 Å². The van der Waals surface area contributed by atoms with Crippen LogP contribution in [0.15, 0.2) is 32.0 Å². The summed E-state index contributed by atoms with van der Waals surface area (Å²) in [5, 5.41) is 3.34. The first-order valence-electron chi connectivity index (χ1n) is 7.11. The molecular weight excluding hydrogens is 420 g/mol. The van der Waals surface area contributed by atoms with Gasteiger partial charge in [-0.3, -0.25) is 0 Å². The molecule has 0 aromatic heterocycles. The minimum atomic E-state index is -3.48. The molecule has 1 saturated heterocycles. The standard InChI is InChI=1S/C14H20Br2N2O2S/c1-2-18(10-11-4-3-7-17-9-11)21(19,20)14-8-12(15)5-6-13(14)16/h5-6,8,11,17H,2-4,7,9-10H2,1H3. The fraction of sp³-hybridized carbons (Fsp3) is 0.571. The van der Waals surface area contributed by atoms with E-state index in [1.165, 1.54) is 0 Å². The molecular formula is C14H20Br2N2O2S. The van der Waals surface area contributed by atoms with E-state index in [0.29, 0.717) is 28.4 Å². The van der Waals surface area contributed by atoms with Gasteiger partial charge in [-0.25, -0.2) is 8.42 Å². The molecule has 21 heavy (non-hydrogen) atoms. The highest BCUT2D eigenvalue weighted by molar-refractivity contribution is 9.11. The Morgan fingerprint density at radius 2 is 2.14 bits per heavy atom. The van der Waals surface area contributed by atoms with E-state index < -0.39 is 10.0 Å². The lowest BCUT2D eigenvalue weighted by atomic mass is 10.00. The second-order valence-electron chi connectivity index (χ2n) is 5.24. The lowest BCUT2D eigenvalue weighted by Gasteiger charge is -2.29. The Labute approximate surface area is 143 Å². The maximum absolute atomic E-state index is 12.9. The average Bonchev–Trinajstić information content (AvgIpc) is 2.48. The topological polar surface area (TPSA) is 49.4 Å². The summed E-state index contributed by atoms with van der Waals surface area (Å²) >= 11 is 6.69. The Bertz CT molecular complexity index is 587. The maximum atomic E-state index is 12.9. The molecule has 1 aliphatic rings. The molecule has 1 heterocycles. The van der Waals surface area contributed by atoms with Crippen LogP contribution in [0.2, 0.25) is 0 Å². The number of halogens is 2. The minimum Gasteiger partial charge on any atom is -0.316 e. The second-order valence-corrected chi connectivity index (χ2v) is 8.92. The van der Waals surface area contributed by atoms with Crippen molar-refractivity contribution in [1.82, 2.24) is 9.62 Å². The minimum absolute atomic E-state index is 0.322. The lowest BCUT2D eigenvalue weighted by molar-refractivity contribution is 0.297. The van der Waals surface area contributed by atoms with Gasteiger partial charge in [0.15, 0.2) is 0 Å². The number of nitrogens with zero attached hydrogens (tertiary/aromatic N) is 1. The molecule has 1 atom stereocenters. The first kappa shape index (κ1) is 17.4. The largest absolute Gasteiger partial charge is 0.316 e. The van der Waals surface area contributed by atoms with Crippen molar-refractivity contribution in [2.45, 2.75) is 24.7 Å². The molecule has 0 radical (unpaired) electrons. The molecule has 0 aliphatic carbocycles. The zero-order valence-corrected chi connectivity index (χ0v) is 16.0. The third-order valence-electron chi connectivity index (χ3n) is 3.72. The number of hydrogen-bond acceptors (Lipinski definition) is 3. The van der Waals surface area contributed by atoms with Gasteiger partial charge >= 0.3 is 0 Å². The van der Waals surface area contributed by atoms with Gasteiger partial charge in [0.2, 0.25) is 10.0 Å². The molecule has 1 aliphatic heterocycles. The Morgan fingerprint density at radius 1 is 1.38 bits per heavy atom. The number of rotatable bonds is 5. The summed E-state index contributed by atoms with van der Waals surface area (Å²) in [5.74, 6) is 0.388. The van der Waals surface area contributed by atoms with E-state index in [1.807, 2.05) is 13.0 Å². The van der Waals surface area contributed by atoms with Crippen molar-refractivity contribution in [1.29, 1.82) is 0 Å². The zero-order chi connectivity index (χ0) is 15.5. The Morgan fingerprint density at radius 3 is 2.76 bits per heavy atom. The second kappa shape index (κ2) is 7.55. The SMILES string of the molecule is CCN(CC1CCCNC1)S(=O)(=O)c1cc(Br)ccc1Br. The van der Waals surface area contributed by atoms with Crippen LogP contribution in [0, 0.1) is 5.92 Å². The molecule has 0 amide bonds. The zero-order valence-electron chi connectivity index (χ0n) is 12.0. The van der Waals surface area contributed by atoms with E-state index in [2.05, 4.69) is 37.2 Å². The summed E-state index contributed by atoms with van der Waals surface area (Å²) in [5.41, 5.74) is 0. The van der Waals surface area contributed by atoms with Crippen LogP contribution < -0.4 is 5.32 Å². The summed E-state index contributed by atoms with van der Waals surface area (Å²) in [6.07, 6.45) is 2.20. The van der Waals surface area contributed by atoms with E-state index in [-0.39, 0.29) is 0 Å². The van der Waals surface area contributed by atoms with Crippen LogP contribution in [0.25, 0.3) is 0 Å². The average molecular weight is 440 g/mol. The summed E-state index contributed by atoms with van der Waals surface area (Å²) in [4.78, 5) is 0.322. The first-order valence-corrected chi connectivity index (χ1v) is 10.1. The van der Waals surface area contributed by atoms with Crippen LogP contribution in [0.4, 0.5) is 0 Å². The van der Waals surface area contributed by atoms with Gasteiger partial charge in [-0.2, -0.15) is 4.31 Å². The molecule has 4 nitrogen and oxygen atoms in total. The highest BCUT2D eigenvalue weighted by atomic mass is 79.9. The van der Waals surface area contributed by atoms with E-state index in [4.69, 9.17) is 0 Å². The van der Waals surface area contributed by atoms with Crippen molar-refractivity contribution in [3.05, 3.63) is 27.1 Å². The van der Waals surface area contributed by atoms with Gasteiger partial charge < -0.3 is 5.32 Å². The summed E-state index contributed by atoms with van der Waals surface area (Å²) in [6.45, 7) is 4.88. The third-order valence-corrected chi connectivity index (χ3v) is 7.15. The van der Waals surface area contributed by atoms with Crippen molar-refractivity contribution in [3.63, 3.8) is 0 Å². The van der Waals surface area contributed by atoms with Gasteiger partial charge in [0.1, 0.15) is 0 Å². The van der Waals surface area contributed by atoms with Gasteiger partial charge in [0, 0.05) is 22.0 Å². The number of nitrogens with one attached hydrogen (secondary N) is 1. The van der Waals surface area contributed by atoms with Crippen molar-refractivity contribution < 1.29 is 8.42 Å². The Hall–Kier alpha value is 0.0500. The Balaban J connectivity index is 2.24. The number of benzene rings is 1. The molecule has 1 N–H and O–H groups in total. The van der Waals surface area contributed by atoms with E-state index in [1.54, 1.807) is 16.4 Å². The number of piperidine rings is 1. The monoisotopic (exact) mass is 438 g/mol. The molecule has 0 saturated carbocycles. The van der Waals surface area contributed by atoms with Crippen molar-refractivity contribution in [2.75, 3.05) is 26.2 Å². The molecule has 1 aromatic rings. The van der Waals surface area contributed by atoms with Crippen molar-refractivity contribution in [2.24, 2.45) is 5.92 Å². The highest BCUT2D eigenvalue weighted by Crippen LogP contribution is 2.29. The summed E-state index contributed by atoms with van der Waals surface area (Å²) in [6, 6.07) is 5.23. The van der Waals surface area contributed by atoms with Gasteiger partial charge in [-0.15, -0.1) is 0 Å². The summed E-state index contributed by atoms with van der Waals surface area (Å²) in [7, 11) is -3.48. The summed E-state index contributed by atoms with van der Waals surface area (Å²) < 4.78 is 28.7. The highest BCUT2D eigenvalue weighted by Gasteiger charge is 2.28. The number of hydrogen-bond donors (Lipinski definition) is 1. The molecule has 118 valence electrons. The van der Waals surface area contributed by atoms with E-state index in [0.717, 1.165) is 30.4 Å². The van der Waals surface area contributed by atoms with Crippen molar-refractivity contribution >= 4 is 41.9 Å². The van der Waals surface area contributed by atoms with E-state index in [9.17, 15) is 8.42 Å². The van der Waals surface area contributed by atoms with Crippen LogP contribution in [-0.2, 0) is 10.0 Å². The molecule has 2 rings (SSSR count). The van der Waals surface area contributed by atoms with Gasteiger partial charge in [-0.05, 0) is 66.0 Å². The van der Waals surface area contributed by atoms with Gasteiger partial charge in [0.25, 0.3) is 0 Å². The number of sulfonamides is 1. The smallest absolute Gasteiger partial charge is 0.244 e. The predicted octanol–water partition coefficient (Wildman–Crippen LogP) is 3.22. The predicted molar refractivity (Wildman–Crippen MR) is 91.9 cm³/mol. The van der Waals surface area contributed by atoms with Crippen LogP contribution >= 0.6 is 31.9 Å². The Kier molecular flexibility index (Phi) is 6.25. The molecule has 1 unspecified atom stereocenters.